The third-order valence-corrected chi connectivity index (χ3v) is 5.43. The average Bonchev–Trinajstić information content (AvgIpc) is 2.93. The van der Waals surface area contributed by atoms with E-state index >= 15 is 0 Å². The van der Waals surface area contributed by atoms with Crippen molar-refractivity contribution in [1.82, 2.24) is 0 Å². The molecule has 1 fully saturated rings. The maximum Gasteiger partial charge on any atom is 0.0666 e. The Hall–Kier alpha value is -0.220. The van der Waals surface area contributed by atoms with Crippen LogP contribution >= 0.6 is 23.4 Å². The molecule has 1 aliphatic rings. The summed E-state index contributed by atoms with van der Waals surface area (Å²) in [7, 11) is 0. The first kappa shape index (κ1) is 15.2. The van der Waals surface area contributed by atoms with Crippen molar-refractivity contribution in [3.8, 4) is 0 Å². The molecule has 0 aliphatic carbocycles. The monoisotopic (exact) mass is 299 g/mol. The fourth-order valence-corrected chi connectivity index (χ4v) is 4.18. The van der Waals surface area contributed by atoms with Crippen LogP contribution in [0.1, 0.15) is 37.0 Å². The molecule has 0 spiro atoms. The predicted octanol–water partition coefficient (Wildman–Crippen LogP) is 4.03. The predicted molar refractivity (Wildman–Crippen MR) is 83.9 cm³/mol. The van der Waals surface area contributed by atoms with E-state index in [-0.39, 0.29) is 11.3 Å². The van der Waals surface area contributed by atoms with Gasteiger partial charge >= 0.3 is 0 Å². The van der Waals surface area contributed by atoms with Crippen LogP contribution in [-0.4, -0.2) is 24.5 Å². The van der Waals surface area contributed by atoms with Crippen LogP contribution in [0.2, 0.25) is 5.02 Å². The van der Waals surface area contributed by atoms with E-state index in [1.807, 2.05) is 30.0 Å². The van der Waals surface area contributed by atoms with Crippen molar-refractivity contribution >= 4 is 23.4 Å². The van der Waals surface area contributed by atoms with Crippen molar-refractivity contribution < 1.29 is 4.74 Å². The molecule has 2 nitrogen and oxygen atoms in total. The van der Waals surface area contributed by atoms with Gasteiger partial charge in [-0.05, 0) is 30.9 Å². The van der Waals surface area contributed by atoms with E-state index in [4.69, 9.17) is 22.1 Å². The highest BCUT2D eigenvalue weighted by Crippen LogP contribution is 2.37. The number of hydrogen-bond acceptors (Lipinski definition) is 3. The van der Waals surface area contributed by atoms with Crippen molar-refractivity contribution in [2.24, 2.45) is 5.73 Å². The second-order valence-corrected chi connectivity index (χ2v) is 6.56. The fraction of sp³-hybridized carbons (Fsp3) is 0.600. The summed E-state index contributed by atoms with van der Waals surface area (Å²) in [5.41, 5.74) is 7.44. The minimum Gasteiger partial charge on any atom is -0.377 e. The quantitative estimate of drug-likeness (QED) is 0.861. The zero-order valence-corrected chi connectivity index (χ0v) is 12.9. The molecule has 0 amide bonds. The highest BCUT2D eigenvalue weighted by atomic mass is 35.5. The van der Waals surface area contributed by atoms with Crippen LogP contribution in [0.25, 0.3) is 0 Å². The summed E-state index contributed by atoms with van der Waals surface area (Å²) in [4.78, 5) is 0. The third kappa shape index (κ3) is 4.12. The van der Waals surface area contributed by atoms with Gasteiger partial charge in [0, 0.05) is 28.7 Å². The highest BCUT2D eigenvalue weighted by molar-refractivity contribution is 7.99. The number of thioether (sulfide) groups is 1. The van der Waals surface area contributed by atoms with Gasteiger partial charge < -0.3 is 10.5 Å². The van der Waals surface area contributed by atoms with E-state index in [1.165, 1.54) is 12.8 Å². The summed E-state index contributed by atoms with van der Waals surface area (Å²) in [6.45, 7) is 3.03. The third-order valence-electron chi connectivity index (χ3n) is 3.56. The number of hydrogen-bond donors (Lipinski definition) is 1. The number of halogens is 1. The molecule has 0 saturated carbocycles. The Kier molecular flexibility index (Phi) is 6.02. The van der Waals surface area contributed by atoms with Gasteiger partial charge in [-0.1, -0.05) is 36.7 Å². The van der Waals surface area contributed by atoms with Gasteiger partial charge in [-0.25, -0.2) is 0 Å². The van der Waals surface area contributed by atoms with Crippen LogP contribution in [0.4, 0.5) is 0 Å². The van der Waals surface area contributed by atoms with Gasteiger partial charge in [0.2, 0.25) is 0 Å². The number of ether oxygens (including phenoxy) is 1. The topological polar surface area (TPSA) is 35.2 Å². The molecule has 1 heterocycles. The van der Waals surface area contributed by atoms with Gasteiger partial charge in [0.1, 0.15) is 0 Å². The van der Waals surface area contributed by atoms with Gasteiger partial charge in [0.15, 0.2) is 0 Å². The van der Waals surface area contributed by atoms with Gasteiger partial charge in [0.25, 0.3) is 0 Å². The maximum absolute atomic E-state index is 6.32. The number of rotatable bonds is 6. The minimum atomic E-state index is 0.131. The van der Waals surface area contributed by atoms with Crippen LogP contribution in [-0.2, 0) is 4.74 Å². The molecular weight excluding hydrogens is 278 g/mol. The zero-order valence-electron chi connectivity index (χ0n) is 11.3. The van der Waals surface area contributed by atoms with Gasteiger partial charge in [-0.15, -0.1) is 11.8 Å². The average molecular weight is 300 g/mol. The first-order valence-electron chi connectivity index (χ1n) is 6.95. The summed E-state index contributed by atoms with van der Waals surface area (Å²) >= 11 is 8.20. The summed E-state index contributed by atoms with van der Waals surface area (Å²) in [5, 5.41) is 1.07. The van der Waals surface area contributed by atoms with Gasteiger partial charge in [-0.2, -0.15) is 0 Å². The highest BCUT2D eigenvalue weighted by Gasteiger charge is 2.24. The lowest BCUT2D eigenvalue weighted by molar-refractivity contribution is 0.128. The fourth-order valence-electron chi connectivity index (χ4n) is 2.35. The Morgan fingerprint density at radius 3 is 2.89 bits per heavy atom. The second-order valence-electron chi connectivity index (χ2n) is 4.98. The van der Waals surface area contributed by atoms with E-state index in [0.29, 0.717) is 6.10 Å². The molecule has 0 aromatic heterocycles. The molecule has 3 unspecified atom stereocenters. The van der Waals surface area contributed by atoms with Crippen molar-refractivity contribution in [3.63, 3.8) is 0 Å². The molecule has 2 N–H and O–H groups in total. The SMILES string of the molecule is CCC(N)C(SCC1CCCO1)c1ccccc1Cl. The molecule has 106 valence electrons. The Morgan fingerprint density at radius 2 is 2.26 bits per heavy atom. The summed E-state index contributed by atoms with van der Waals surface area (Å²) in [6.07, 6.45) is 3.69. The normalized spacial score (nSPS) is 22.4. The zero-order chi connectivity index (χ0) is 13.7. The van der Waals surface area contributed by atoms with Crippen LogP contribution < -0.4 is 5.73 Å². The second kappa shape index (κ2) is 7.53. The molecule has 19 heavy (non-hydrogen) atoms. The molecule has 3 atom stereocenters. The minimum absolute atomic E-state index is 0.131. The summed E-state index contributed by atoms with van der Waals surface area (Å²) in [5.74, 6) is 1.00. The maximum atomic E-state index is 6.32. The summed E-state index contributed by atoms with van der Waals surface area (Å²) < 4.78 is 5.69. The molecule has 1 aromatic rings. The molecule has 0 radical (unpaired) electrons. The van der Waals surface area contributed by atoms with E-state index in [0.717, 1.165) is 29.4 Å². The molecule has 2 rings (SSSR count). The lowest BCUT2D eigenvalue weighted by atomic mass is 10.0. The van der Waals surface area contributed by atoms with E-state index in [1.54, 1.807) is 0 Å². The Labute approximate surface area is 125 Å². The van der Waals surface area contributed by atoms with Crippen LogP contribution in [0, 0.1) is 0 Å². The van der Waals surface area contributed by atoms with Crippen LogP contribution in [0.3, 0.4) is 0 Å². The largest absolute Gasteiger partial charge is 0.377 e. The Morgan fingerprint density at radius 1 is 1.47 bits per heavy atom. The van der Waals surface area contributed by atoms with Gasteiger partial charge in [-0.3, -0.25) is 0 Å². The molecule has 1 aromatic carbocycles. The molecule has 1 saturated heterocycles. The van der Waals surface area contributed by atoms with E-state index in [9.17, 15) is 0 Å². The summed E-state index contributed by atoms with van der Waals surface area (Å²) in [6, 6.07) is 8.16. The van der Waals surface area contributed by atoms with Crippen molar-refractivity contribution in [3.05, 3.63) is 34.9 Å². The van der Waals surface area contributed by atoms with E-state index in [2.05, 4.69) is 13.0 Å². The molecular formula is C15H22ClNOS. The van der Waals surface area contributed by atoms with Crippen LogP contribution in [0.15, 0.2) is 24.3 Å². The Balaban J connectivity index is 2.05. The lowest BCUT2D eigenvalue weighted by Crippen LogP contribution is -2.27. The standard InChI is InChI=1S/C15H22ClNOS/c1-2-14(17)15(12-7-3-4-8-13(12)16)19-10-11-6-5-9-18-11/h3-4,7-8,11,14-15H,2,5-6,9-10,17H2,1H3. The van der Waals surface area contributed by atoms with Crippen molar-refractivity contribution in [2.45, 2.75) is 43.6 Å². The smallest absolute Gasteiger partial charge is 0.0666 e. The van der Waals surface area contributed by atoms with Crippen molar-refractivity contribution in [1.29, 1.82) is 0 Å². The number of benzene rings is 1. The molecule has 1 aliphatic heterocycles. The first-order chi connectivity index (χ1) is 9.22. The van der Waals surface area contributed by atoms with Crippen LogP contribution in [0.5, 0.6) is 0 Å². The van der Waals surface area contributed by atoms with E-state index < -0.39 is 0 Å². The molecule has 4 heteroatoms. The number of nitrogens with two attached hydrogens (primary N) is 1. The first-order valence-corrected chi connectivity index (χ1v) is 8.38. The Bertz CT molecular complexity index is 395. The van der Waals surface area contributed by atoms with Gasteiger partial charge in [0.05, 0.1) is 6.10 Å². The molecule has 0 bridgehead atoms. The van der Waals surface area contributed by atoms with Crippen molar-refractivity contribution in [2.75, 3.05) is 12.4 Å². The lowest BCUT2D eigenvalue weighted by Gasteiger charge is -2.25.